The summed E-state index contributed by atoms with van der Waals surface area (Å²) in [5, 5.41) is 0. The Hall–Kier alpha value is -1.63. The second kappa shape index (κ2) is 12.8. The van der Waals surface area contributed by atoms with Crippen LogP contribution in [0.4, 0.5) is 4.39 Å². The van der Waals surface area contributed by atoms with Crippen molar-refractivity contribution in [3.8, 4) is 0 Å². The Morgan fingerprint density at radius 1 is 0.708 bits per heavy atom. The van der Waals surface area contributed by atoms with E-state index in [4.69, 9.17) is 0 Å². The van der Waals surface area contributed by atoms with Gasteiger partial charge in [-0.15, -0.1) is 0 Å². The maximum Gasteiger partial charge on any atom is 0.123 e. The van der Waals surface area contributed by atoms with E-state index >= 15 is 0 Å². The number of aryl methyl sites for hydroxylation is 3. The normalized spacial score (nSPS) is 10.2. The molecule has 0 N–H and O–H groups in total. The smallest absolute Gasteiger partial charge is 0.123 e. The van der Waals surface area contributed by atoms with Gasteiger partial charge in [0.05, 0.1) is 0 Å². The van der Waals surface area contributed by atoms with Crippen molar-refractivity contribution in [1.82, 2.24) is 0 Å². The summed E-state index contributed by atoms with van der Waals surface area (Å²) in [6, 6.07) is 15.6. The van der Waals surface area contributed by atoms with E-state index in [1.165, 1.54) is 73.8 Å². The van der Waals surface area contributed by atoms with Gasteiger partial charge in [-0.25, -0.2) is 4.39 Å². The molecule has 0 heterocycles. The number of benzene rings is 2. The zero-order valence-electron chi connectivity index (χ0n) is 15.7. The minimum atomic E-state index is -0.144. The molecule has 1 heteroatoms. The Morgan fingerprint density at radius 2 is 1.29 bits per heavy atom. The largest absolute Gasteiger partial charge is 0.207 e. The molecule has 0 unspecified atom stereocenters. The lowest BCUT2D eigenvalue weighted by molar-refractivity contribution is 0.626. The van der Waals surface area contributed by atoms with Crippen molar-refractivity contribution in [1.29, 1.82) is 0 Å². The van der Waals surface area contributed by atoms with E-state index in [0.717, 1.165) is 6.42 Å². The van der Waals surface area contributed by atoms with Crippen LogP contribution in [0.2, 0.25) is 0 Å². The Morgan fingerprint density at radius 3 is 1.83 bits per heavy atom. The molecule has 2 aromatic carbocycles. The van der Waals surface area contributed by atoms with Crippen molar-refractivity contribution in [2.45, 2.75) is 72.1 Å². The molecule has 0 nitrogen and oxygen atoms in total. The molecule has 132 valence electrons. The minimum absolute atomic E-state index is 0.144. The van der Waals surface area contributed by atoms with E-state index in [9.17, 15) is 4.39 Å². The van der Waals surface area contributed by atoms with Crippen LogP contribution in [0.15, 0.2) is 48.5 Å². The first-order valence-corrected chi connectivity index (χ1v) is 9.45. The molecule has 0 aliphatic heterocycles. The fourth-order valence-electron chi connectivity index (χ4n) is 2.68. The zero-order valence-corrected chi connectivity index (χ0v) is 15.7. The third-order valence-electron chi connectivity index (χ3n) is 4.13. The fraction of sp³-hybridized carbons (Fsp3) is 0.478. The maximum absolute atomic E-state index is 12.5. The van der Waals surface area contributed by atoms with Gasteiger partial charge in [-0.1, -0.05) is 81.5 Å². The van der Waals surface area contributed by atoms with Gasteiger partial charge < -0.3 is 0 Å². The highest BCUT2D eigenvalue weighted by Crippen LogP contribution is 2.09. The molecule has 0 radical (unpaired) electrons. The van der Waals surface area contributed by atoms with E-state index in [1.54, 1.807) is 0 Å². The van der Waals surface area contributed by atoms with Crippen LogP contribution in [0.25, 0.3) is 0 Å². The Balaban J connectivity index is 0.000000240. The molecule has 0 aliphatic carbocycles. The van der Waals surface area contributed by atoms with Crippen LogP contribution >= 0.6 is 0 Å². The molecule has 0 aromatic heterocycles. The van der Waals surface area contributed by atoms with Crippen molar-refractivity contribution in [3.63, 3.8) is 0 Å². The summed E-state index contributed by atoms with van der Waals surface area (Å²) in [5.74, 6) is -0.144. The summed E-state index contributed by atoms with van der Waals surface area (Å²) in [6.07, 6.45) is 10.0. The number of hydrogen-bond acceptors (Lipinski definition) is 0. The molecule has 0 amide bonds. The molecule has 0 spiro atoms. The van der Waals surface area contributed by atoms with Gasteiger partial charge in [-0.2, -0.15) is 0 Å². The van der Waals surface area contributed by atoms with E-state index in [-0.39, 0.29) is 5.82 Å². The van der Waals surface area contributed by atoms with Gasteiger partial charge in [0.15, 0.2) is 0 Å². The molecule has 2 aromatic rings. The quantitative estimate of drug-likeness (QED) is 0.446. The van der Waals surface area contributed by atoms with Gasteiger partial charge in [0.25, 0.3) is 0 Å². The second-order valence-corrected chi connectivity index (χ2v) is 6.53. The molecule has 0 saturated carbocycles. The highest BCUT2D eigenvalue weighted by Gasteiger charge is 1.93. The molecule has 0 aliphatic rings. The molecule has 2 rings (SSSR count). The fourth-order valence-corrected chi connectivity index (χ4v) is 2.68. The predicted molar refractivity (Wildman–Crippen MR) is 104 cm³/mol. The van der Waals surface area contributed by atoms with Gasteiger partial charge in [-0.3, -0.25) is 0 Å². The molecule has 0 fully saturated rings. The first kappa shape index (κ1) is 20.4. The molecule has 0 atom stereocenters. The number of halogens is 1. The monoisotopic (exact) mass is 328 g/mol. The van der Waals surface area contributed by atoms with E-state index in [0.29, 0.717) is 0 Å². The molecule has 0 bridgehead atoms. The first-order chi connectivity index (χ1) is 11.7. The molecule has 0 saturated heterocycles. The Labute approximate surface area is 148 Å². The third kappa shape index (κ3) is 9.50. The maximum atomic E-state index is 12.5. The van der Waals surface area contributed by atoms with Crippen molar-refractivity contribution in [2.24, 2.45) is 0 Å². The van der Waals surface area contributed by atoms with Crippen LogP contribution in [0.5, 0.6) is 0 Å². The van der Waals surface area contributed by atoms with Crippen molar-refractivity contribution in [2.75, 3.05) is 0 Å². The van der Waals surface area contributed by atoms with Gasteiger partial charge in [0.2, 0.25) is 0 Å². The van der Waals surface area contributed by atoms with Crippen LogP contribution in [-0.2, 0) is 12.8 Å². The lowest BCUT2D eigenvalue weighted by Gasteiger charge is -2.00. The minimum Gasteiger partial charge on any atom is -0.207 e. The summed E-state index contributed by atoms with van der Waals surface area (Å²) in [5.41, 5.74) is 4.11. The summed E-state index contributed by atoms with van der Waals surface area (Å²) < 4.78 is 12.5. The summed E-state index contributed by atoms with van der Waals surface area (Å²) in [4.78, 5) is 0. The van der Waals surface area contributed by atoms with Gasteiger partial charge >= 0.3 is 0 Å². The van der Waals surface area contributed by atoms with Gasteiger partial charge in [0, 0.05) is 0 Å². The average Bonchev–Trinajstić information content (AvgIpc) is 2.58. The lowest BCUT2D eigenvalue weighted by Crippen LogP contribution is -1.85. The summed E-state index contributed by atoms with van der Waals surface area (Å²) in [7, 11) is 0. The number of hydrogen-bond donors (Lipinski definition) is 0. The van der Waals surface area contributed by atoms with E-state index in [1.807, 2.05) is 12.1 Å². The molecular formula is C23H33F. The average molecular weight is 329 g/mol. The Bertz CT molecular complexity index is 542. The van der Waals surface area contributed by atoms with Crippen molar-refractivity contribution >= 4 is 0 Å². The van der Waals surface area contributed by atoms with E-state index in [2.05, 4.69) is 45.0 Å². The van der Waals surface area contributed by atoms with Crippen LogP contribution in [0.1, 0.15) is 69.1 Å². The first-order valence-electron chi connectivity index (χ1n) is 9.45. The summed E-state index contributed by atoms with van der Waals surface area (Å²) >= 11 is 0. The van der Waals surface area contributed by atoms with E-state index < -0.39 is 0 Å². The highest BCUT2D eigenvalue weighted by atomic mass is 19.1. The summed E-state index contributed by atoms with van der Waals surface area (Å²) in [6.45, 7) is 6.59. The molecule has 24 heavy (non-hydrogen) atoms. The number of rotatable bonds is 8. The Kier molecular flexibility index (Phi) is 10.8. The van der Waals surface area contributed by atoms with Crippen LogP contribution in [0, 0.1) is 12.7 Å². The highest BCUT2D eigenvalue weighted by molar-refractivity contribution is 5.22. The van der Waals surface area contributed by atoms with Crippen LogP contribution in [0.3, 0.4) is 0 Å². The molecular weight excluding hydrogens is 295 g/mol. The zero-order chi connectivity index (χ0) is 17.6. The van der Waals surface area contributed by atoms with Crippen LogP contribution < -0.4 is 0 Å². The van der Waals surface area contributed by atoms with Crippen LogP contribution in [-0.4, -0.2) is 0 Å². The van der Waals surface area contributed by atoms with Gasteiger partial charge in [0.1, 0.15) is 5.82 Å². The number of unbranched alkanes of at least 4 members (excludes halogenated alkanes) is 4. The van der Waals surface area contributed by atoms with Gasteiger partial charge in [-0.05, 0) is 55.9 Å². The lowest BCUT2D eigenvalue weighted by atomic mass is 10.1. The van der Waals surface area contributed by atoms with Crippen molar-refractivity contribution < 1.29 is 4.39 Å². The third-order valence-corrected chi connectivity index (χ3v) is 4.13. The predicted octanol–water partition coefficient (Wildman–Crippen LogP) is 7.29. The SMILES string of the molecule is CCCCCc1ccc(F)cc1.CCCCCc1cccc(C)c1. The standard InChI is InChI=1S/C12H18.C11H15F/c1-3-4-5-8-12-9-6-7-11(2)10-12;1-2-3-4-5-10-6-8-11(12)9-7-10/h6-7,9-10H,3-5,8H2,1-2H3;6-9H,2-5H2,1H3. The topological polar surface area (TPSA) is 0 Å². The van der Waals surface area contributed by atoms with Crippen molar-refractivity contribution in [3.05, 3.63) is 71.0 Å². The second-order valence-electron chi connectivity index (χ2n) is 6.53.